The number of nitrogens with zero attached hydrogens (tertiary/aromatic N) is 7. The van der Waals surface area contributed by atoms with Crippen LogP contribution >= 0.6 is 11.6 Å². The lowest BCUT2D eigenvalue weighted by Crippen LogP contribution is -2.62. The van der Waals surface area contributed by atoms with Crippen LogP contribution in [0.15, 0.2) is 47.5 Å². The van der Waals surface area contributed by atoms with E-state index < -0.39 is 46.8 Å². The first-order chi connectivity index (χ1) is 28.5. The van der Waals surface area contributed by atoms with Gasteiger partial charge < -0.3 is 25.6 Å². The molecule has 4 aromatic heterocycles. The number of nitrogens with one attached hydrogen (secondary N) is 4. The van der Waals surface area contributed by atoms with E-state index in [0.717, 1.165) is 0 Å². The number of imide groups is 1. The van der Waals surface area contributed by atoms with Gasteiger partial charge in [0.05, 0.1) is 41.1 Å². The molecule has 0 bridgehead atoms. The summed E-state index contributed by atoms with van der Waals surface area (Å²) in [6.45, 7) is 3.99. The Kier molecular flexibility index (Phi) is 10.6. The molecule has 20 heteroatoms. The number of carbonyl (C=O) groups excluding carboxylic acids is 3. The molecule has 3 atom stereocenters. The van der Waals surface area contributed by atoms with E-state index in [1.807, 2.05) is 18.7 Å². The van der Waals surface area contributed by atoms with E-state index in [1.54, 1.807) is 36.0 Å². The first-order valence-corrected chi connectivity index (χ1v) is 20.0. The Morgan fingerprint density at radius 3 is 2.58 bits per heavy atom. The van der Waals surface area contributed by atoms with Crippen LogP contribution < -0.4 is 36.5 Å². The zero-order chi connectivity index (χ0) is 42.7. The van der Waals surface area contributed by atoms with Gasteiger partial charge in [0.25, 0.3) is 11.5 Å². The fourth-order valence-corrected chi connectivity index (χ4v) is 8.82. The second-order valence-corrected chi connectivity index (χ2v) is 16.5. The molecule has 8 rings (SSSR count). The van der Waals surface area contributed by atoms with Crippen LogP contribution in [-0.4, -0.2) is 86.0 Å². The van der Waals surface area contributed by atoms with Crippen LogP contribution in [0.3, 0.4) is 0 Å². The minimum atomic E-state index is -4.45. The number of ether oxygens (including phenoxy) is 1. The molecule has 5 aromatic rings. The molecule has 0 radical (unpaired) electrons. The van der Waals surface area contributed by atoms with Gasteiger partial charge in [0.1, 0.15) is 10.7 Å². The molecule has 1 spiro atoms. The lowest BCUT2D eigenvalue weighted by molar-refractivity contribution is -0.196. The maximum absolute atomic E-state index is 14.8. The largest absolute Gasteiger partial charge is 0.478 e. The summed E-state index contributed by atoms with van der Waals surface area (Å²) in [6.07, 6.45) is -0.189. The molecule has 1 aromatic carbocycles. The lowest BCUT2D eigenvalue weighted by Gasteiger charge is -2.55. The second-order valence-electron chi connectivity index (χ2n) is 16.1. The Bertz CT molecular complexity index is 2590. The van der Waals surface area contributed by atoms with Gasteiger partial charge in [-0.1, -0.05) is 11.6 Å². The average Bonchev–Trinajstić information content (AvgIpc) is 3.51. The predicted octanol–water partition coefficient (Wildman–Crippen LogP) is 5.35. The van der Waals surface area contributed by atoms with Crippen LogP contribution in [0.25, 0.3) is 21.9 Å². The smallest absolute Gasteiger partial charge is 0.393 e. The highest BCUT2D eigenvalue weighted by Crippen LogP contribution is 2.52. The molecular weight excluding hydrogens is 807 g/mol. The number of piperidine rings is 1. The van der Waals surface area contributed by atoms with Crippen molar-refractivity contribution in [3.8, 4) is 5.75 Å². The predicted molar refractivity (Wildman–Crippen MR) is 218 cm³/mol. The van der Waals surface area contributed by atoms with Crippen molar-refractivity contribution in [2.45, 2.75) is 70.1 Å². The van der Waals surface area contributed by atoms with Gasteiger partial charge in [-0.15, -0.1) is 0 Å². The number of rotatable bonds is 10. The summed E-state index contributed by atoms with van der Waals surface area (Å²) < 4.78 is 53.0. The van der Waals surface area contributed by atoms with Crippen molar-refractivity contribution in [1.82, 2.24) is 39.9 Å². The van der Waals surface area contributed by atoms with Crippen molar-refractivity contribution in [2.75, 3.05) is 42.3 Å². The Labute approximate surface area is 346 Å². The number of halogens is 4. The highest BCUT2D eigenvalue weighted by molar-refractivity contribution is 6.33. The summed E-state index contributed by atoms with van der Waals surface area (Å²) in [4.78, 5) is 64.7. The Morgan fingerprint density at radius 1 is 1.08 bits per heavy atom. The number of hydrogen-bond acceptors (Lipinski definition) is 12. The molecule has 3 aliphatic rings. The van der Waals surface area contributed by atoms with Crippen LogP contribution in [-0.2, 0) is 21.4 Å². The molecule has 1 saturated carbocycles. The van der Waals surface area contributed by atoms with E-state index in [0.29, 0.717) is 70.9 Å². The third-order valence-corrected chi connectivity index (χ3v) is 11.9. The Hall–Kier alpha value is -5.98. The van der Waals surface area contributed by atoms with Gasteiger partial charge in [-0.3, -0.25) is 33.7 Å². The van der Waals surface area contributed by atoms with Gasteiger partial charge in [-0.05, 0) is 69.9 Å². The summed E-state index contributed by atoms with van der Waals surface area (Å²) in [6, 6.07) is 7.36. The fourth-order valence-electron chi connectivity index (χ4n) is 8.68. The number of benzene rings is 1. The van der Waals surface area contributed by atoms with Gasteiger partial charge in [-0.25, -0.2) is 9.97 Å². The quantitative estimate of drug-likeness (QED) is 0.132. The van der Waals surface area contributed by atoms with Crippen molar-refractivity contribution in [3.05, 3.63) is 63.8 Å². The average molecular weight is 850 g/mol. The number of aryl methyl sites for hydroxylation is 1. The first-order valence-electron chi connectivity index (χ1n) is 19.6. The Balaban J connectivity index is 0.958. The van der Waals surface area contributed by atoms with Crippen molar-refractivity contribution < 1.29 is 32.3 Å². The number of likely N-dealkylation sites (N-methyl/N-ethyl adjacent to an activating group) is 1. The van der Waals surface area contributed by atoms with Gasteiger partial charge >= 0.3 is 6.18 Å². The number of hydrogen-bond donors (Lipinski definition) is 4. The third kappa shape index (κ3) is 7.77. The minimum Gasteiger partial charge on any atom is -0.478 e. The number of amides is 3. The van der Waals surface area contributed by atoms with E-state index in [2.05, 4.69) is 41.3 Å². The van der Waals surface area contributed by atoms with E-state index in [-0.39, 0.29) is 54.4 Å². The first kappa shape index (κ1) is 40.8. The standard InChI is InChI=1S/C40H43ClF3N11O5/c1-20(2)55-35-21(12-30(37(55)59)60-17-32(57)45-3)11-23(15-46-35)49-34-27(41)16-47-38(51-34)54-18-39(19-54)10-9-28(26(14-39)40(42,43)44)48-22-5-6-24-29(13-22)53(4)52-33(24)25-7-8-31(56)50-36(25)58/h5-6,11-13,15-16,20,25-26,28,48H,7-10,14,17-19H2,1-4H3,(H,45,57)(H,47,49,51)(H,50,56,58)/t25?,26-,28+/m1/s1. The summed E-state index contributed by atoms with van der Waals surface area (Å²) in [5, 5.41) is 17.2. The fraction of sp³-hybridized carbons (Fsp3) is 0.450. The minimum absolute atomic E-state index is 0.0151. The topological polar surface area (TPSA) is 190 Å². The molecule has 60 heavy (non-hydrogen) atoms. The van der Waals surface area contributed by atoms with E-state index in [4.69, 9.17) is 16.3 Å². The van der Waals surface area contributed by atoms with Gasteiger partial charge in [-0.2, -0.15) is 23.3 Å². The monoisotopic (exact) mass is 849 g/mol. The molecule has 3 amide bonds. The van der Waals surface area contributed by atoms with Crippen LogP contribution in [0.2, 0.25) is 5.02 Å². The maximum Gasteiger partial charge on any atom is 0.393 e. The second kappa shape index (κ2) is 15.6. The summed E-state index contributed by atoms with van der Waals surface area (Å²) in [5.41, 5.74) is 1.58. The molecular formula is C40H43ClF3N11O5. The number of carbonyl (C=O) groups is 3. The van der Waals surface area contributed by atoms with Crippen molar-refractivity contribution in [2.24, 2.45) is 18.4 Å². The molecule has 3 fully saturated rings. The SMILES string of the molecule is CNC(=O)COc1cc2cc(Nc3nc(N4CC5(CC[C@H](Nc6ccc7c(C8CCC(=O)NC8=O)nn(C)c7c6)[C@H](C(F)(F)F)C5)C4)ncc3Cl)cnc2n(C(C)C)c1=O. The number of aromatic nitrogens is 6. The summed E-state index contributed by atoms with van der Waals surface area (Å²) in [7, 11) is 3.18. The molecule has 2 aliphatic heterocycles. The Morgan fingerprint density at radius 2 is 1.87 bits per heavy atom. The zero-order valence-electron chi connectivity index (χ0n) is 33.2. The maximum atomic E-state index is 14.8. The summed E-state index contributed by atoms with van der Waals surface area (Å²) >= 11 is 6.52. The molecule has 316 valence electrons. The normalized spacial score (nSPS) is 20.4. The summed E-state index contributed by atoms with van der Waals surface area (Å²) in [5.74, 6) is -2.78. The molecule has 4 N–H and O–H groups in total. The van der Waals surface area contributed by atoms with Gasteiger partial charge in [0.2, 0.25) is 17.8 Å². The van der Waals surface area contributed by atoms with Gasteiger partial charge in [0.15, 0.2) is 18.2 Å². The highest BCUT2D eigenvalue weighted by atomic mass is 35.5. The van der Waals surface area contributed by atoms with Crippen molar-refractivity contribution in [3.63, 3.8) is 0 Å². The highest BCUT2D eigenvalue weighted by Gasteiger charge is 2.56. The number of pyridine rings is 2. The van der Waals surface area contributed by atoms with Crippen molar-refractivity contribution in [1.29, 1.82) is 0 Å². The molecule has 1 unspecified atom stereocenters. The van der Waals surface area contributed by atoms with Crippen LogP contribution in [0.1, 0.15) is 63.6 Å². The molecule has 6 heterocycles. The van der Waals surface area contributed by atoms with Gasteiger partial charge in [0, 0.05) is 67.6 Å². The molecule has 2 saturated heterocycles. The lowest BCUT2D eigenvalue weighted by atomic mass is 9.63. The van der Waals surface area contributed by atoms with E-state index >= 15 is 0 Å². The van der Waals surface area contributed by atoms with Crippen LogP contribution in [0.4, 0.5) is 36.3 Å². The number of fused-ring (bicyclic) bond motifs is 2. The molecule has 1 aliphatic carbocycles. The van der Waals surface area contributed by atoms with Crippen LogP contribution in [0.5, 0.6) is 5.75 Å². The third-order valence-electron chi connectivity index (χ3n) is 11.7. The molecule has 16 nitrogen and oxygen atoms in total. The van der Waals surface area contributed by atoms with E-state index in [1.165, 1.54) is 30.1 Å². The number of alkyl halides is 3. The van der Waals surface area contributed by atoms with Crippen LogP contribution in [0, 0.1) is 11.3 Å². The zero-order valence-corrected chi connectivity index (χ0v) is 33.9. The van der Waals surface area contributed by atoms with E-state index in [9.17, 15) is 32.3 Å². The van der Waals surface area contributed by atoms with Crippen molar-refractivity contribution >= 4 is 74.4 Å². The number of anilines is 4.